The number of fused-ring (bicyclic) bond motifs is 1. The first-order valence-electron chi connectivity index (χ1n) is 21.3. The van der Waals surface area contributed by atoms with Crippen LogP contribution in [0.3, 0.4) is 0 Å². The van der Waals surface area contributed by atoms with E-state index in [0.29, 0.717) is 81.5 Å². The second kappa shape index (κ2) is 18.2. The fraction of sp³-hybridized carbons (Fsp3) is 0.455. The average molecular weight is 902 g/mol. The van der Waals surface area contributed by atoms with Gasteiger partial charge in [0.25, 0.3) is 5.56 Å². The third kappa shape index (κ3) is 9.29. The van der Waals surface area contributed by atoms with Crippen LogP contribution in [-0.2, 0) is 29.3 Å². The Morgan fingerprint density at radius 2 is 1.81 bits per heavy atom. The zero-order valence-electron chi connectivity index (χ0n) is 35.4. The highest BCUT2D eigenvalue weighted by atomic mass is 32.2. The minimum Gasteiger partial charge on any atom is -0.453 e. The normalized spacial score (nSPS) is 20.7. The van der Waals surface area contributed by atoms with E-state index in [1.165, 1.54) is 42.2 Å². The Hall–Kier alpha value is -6.01. The van der Waals surface area contributed by atoms with E-state index in [2.05, 4.69) is 25.2 Å². The summed E-state index contributed by atoms with van der Waals surface area (Å²) in [6.07, 6.45) is 5.15. The van der Waals surface area contributed by atoms with Crippen molar-refractivity contribution in [3.05, 3.63) is 88.0 Å². The molecule has 5 heterocycles. The molecule has 3 N–H and O–H groups in total. The van der Waals surface area contributed by atoms with Gasteiger partial charge in [-0.2, -0.15) is 18.0 Å². The molecule has 1 spiro atoms. The lowest BCUT2D eigenvalue weighted by molar-refractivity contribution is -0.137. The molecule has 0 radical (unpaired) electrons. The van der Waals surface area contributed by atoms with Gasteiger partial charge in [-0.1, -0.05) is 13.0 Å². The molecule has 20 heteroatoms. The number of aromatic nitrogens is 2. The van der Waals surface area contributed by atoms with Gasteiger partial charge < -0.3 is 19.7 Å². The van der Waals surface area contributed by atoms with Crippen molar-refractivity contribution < 1.29 is 41.1 Å². The molecule has 3 aromatic carbocycles. The number of carbonyl (C=O) groups excluding carboxylic acids is 3. The number of nitrogens with one attached hydrogen (secondary N) is 3. The topological polar surface area (TPSA) is 208 Å². The molecule has 0 bridgehead atoms. The molecular weight excluding hydrogens is 853 g/mol. The van der Waals surface area contributed by atoms with Crippen LogP contribution in [0, 0.1) is 23.0 Å². The first-order chi connectivity index (χ1) is 30.7. The molecule has 0 saturated carbocycles. The van der Waals surface area contributed by atoms with Crippen LogP contribution in [-0.4, -0.2) is 114 Å². The second-order valence-corrected chi connectivity index (χ2v) is 18.6. The van der Waals surface area contributed by atoms with Crippen molar-refractivity contribution in [2.75, 3.05) is 63.0 Å². The molecule has 0 aliphatic carbocycles. The maximum absolute atomic E-state index is 15.3. The van der Waals surface area contributed by atoms with Gasteiger partial charge in [0.15, 0.2) is 11.6 Å². The minimum atomic E-state index is -4.03. The Kier molecular flexibility index (Phi) is 12.7. The van der Waals surface area contributed by atoms with Crippen LogP contribution in [0.5, 0.6) is 11.5 Å². The molecule has 4 aliphatic heterocycles. The molecule has 1 aromatic heterocycles. The van der Waals surface area contributed by atoms with Crippen molar-refractivity contribution in [2.24, 2.45) is 0 Å². The second-order valence-electron chi connectivity index (χ2n) is 16.8. The molecule has 64 heavy (non-hydrogen) atoms. The van der Waals surface area contributed by atoms with E-state index >= 15 is 8.78 Å². The summed E-state index contributed by atoms with van der Waals surface area (Å²) in [4.78, 5) is 59.4. The standard InChI is InChI=1S/C44H49F2N9O8S/c1-3-52(2)64(60,61)51-37-9-7-34(45)41(33(37)23-47)63-30-5-8-36-32(21-30)43(59)55(26-48-36)29-22-44(62-25-29)14-18-54(19-15-44)40(57)24-53-16-12-27(13-17-53)31-6-4-28(20-35(31)46)49-38-10-11-39(56)50-42(38)58/h4-9,20-21,26-27,29,38,49,51H,3,10-19,22,24-25H2,1-2H3,(H,50,56,58)/t29-,38?/m1/s1. The average Bonchev–Trinajstić information content (AvgIpc) is 3.68. The van der Waals surface area contributed by atoms with Gasteiger partial charge >= 0.3 is 10.2 Å². The van der Waals surface area contributed by atoms with Crippen LogP contribution < -0.4 is 25.7 Å². The molecule has 1 unspecified atom stereocenters. The van der Waals surface area contributed by atoms with Crippen LogP contribution in [0.4, 0.5) is 20.2 Å². The van der Waals surface area contributed by atoms with Crippen molar-refractivity contribution in [3.63, 3.8) is 0 Å². The summed E-state index contributed by atoms with van der Waals surface area (Å²) in [7, 11) is -2.68. The van der Waals surface area contributed by atoms with E-state index in [1.54, 1.807) is 19.1 Å². The molecule has 8 rings (SSSR count). The Morgan fingerprint density at radius 3 is 2.52 bits per heavy atom. The lowest BCUT2D eigenvalue weighted by atomic mass is 9.87. The van der Waals surface area contributed by atoms with Crippen molar-refractivity contribution in [2.45, 2.75) is 75.5 Å². The van der Waals surface area contributed by atoms with E-state index in [0.717, 1.165) is 16.4 Å². The number of benzene rings is 3. The van der Waals surface area contributed by atoms with Gasteiger partial charge in [0.2, 0.25) is 17.7 Å². The smallest absolute Gasteiger partial charge is 0.301 e. The number of hydrogen-bond donors (Lipinski definition) is 3. The number of imide groups is 1. The predicted molar refractivity (Wildman–Crippen MR) is 231 cm³/mol. The summed E-state index contributed by atoms with van der Waals surface area (Å²) in [5.41, 5.74) is 0.000439. The van der Waals surface area contributed by atoms with Crippen molar-refractivity contribution >= 4 is 50.2 Å². The van der Waals surface area contributed by atoms with Crippen LogP contribution in [0.1, 0.15) is 75.0 Å². The third-order valence-electron chi connectivity index (χ3n) is 12.9. The Labute approximate surface area is 368 Å². The lowest BCUT2D eigenvalue weighted by Crippen LogP contribution is -2.50. The number of halogens is 2. The highest BCUT2D eigenvalue weighted by Gasteiger charge is 2.44. The number of piperidine rings is 3. The highest BCUT2D eigenvalue weighted by Crippen LogP contribution is 2.41. The quantitative estimate of drug-likeness (QED) is 0.170. The number of amides is 3. The first-order valence-corrected chi connectivity index (χ1v) is 22.8. The molecule has 4 fully saturated rings. The monoisotopic (exact) mass is 901 g/mol. The summed E-state index contributed by atoms with van der Waals surface area (Å²) in [6, 6.07) is 12.3. The van der Waals surface area contributed by atoms with E-state index in [-0.39, 0.29) is 83.7 Å². The number of ether oxygens (including phenoxy) is 2. The van der Waals surface area contributed by atoms with Crippen molar-refractivity contribution in [3.8, 4) is 17.6 Å². The van der Waals surface area contributed by atoms with Crippen LogP contribution in [0.25, 0.3) is 10.9 Å². The van der Waals surface area contributed by atoms with Crippen LogP contribution >= 0.6 is 0 Å². The molecule has 3 amide bonds. The van der Waals surface area contributed by atoms with Crippen LogP contribution in [0.15, 0.2) is 59.7 Å². The third-order valence-corrected chi connectivity index (χ3v) is 14.4. The zero-order chi connectivity index (χ0) is 45.3. The number of nitrogens with zero attached hydrogens (tertiary/aromatic N) is 6. The fourth-order valence-electron chi connectivity index (χ4n) is 8.98. The largest absolute Gasteiger partial charge is 0.453 e. The fourth-order valence-corrected chi connectivity index (χ4v) is 9.92. The maximum Gasteiger partial charge on any atom is 0.301 e. The molecular formula is C44H49F2N9O8S. The van der Waals surface area contributed by atoms with Gasteiger partial charge in [-0.15, -0.1) is 0 Å². The first kappa shape index (κ1) is 44.6. The van der Waals surface area contributed by atoms with Gasteiger partial charge in [0.05, 0.1) is 47.7 Å². The van der Waals surface area contributed by atoms with E-state index < -0.39 is 39.3 Å². The molecule has 4 aromatic rings. The molecule has 17 nitrogen and oxygen atoms in total. The highest BCUT2D eigenvalue weighted by molar-refractivity contribution is 7.90. The Morgan fingerprint density at radius 1 is 1.05 bits per heavy atom. The van der Waals surface area contributed by atoms with Gasteiger partial charge in [-0.25, -0.2) is 13.8 Å². The van der Waals surface area contributed by atoms with Gasteiger partial charge in [0, 0.05) is 38.8 Å². The number of anilines is 2. The molecule has 2 atom stereocenters. The van der Waals surface area contributed by atoms with Crippen molar-refractivity contribution in [1.82, 2.24) is 29.0 Å². The van der Waals surface area contributed by atoms with Gasteiger partial charge in [0.1, 0.15) is 29.2 Å². The number of rotatable bonds is 12. The summed E-state index contributed by atoms with van der Waals surface area (Å²) < 4.78 is 72.7. The predicted octanol–water partition coefficient (Wildman–Crippen LogP) is 4.37. The summed E-state index contributed by atoms with van der Waals surface area (Å²) in [5, 5.41) is 15.4. The van der Waals surface area contributed by atoms with Crippen molar-refractivity contribution in [1.29, 1.82) is 5.26 Å². The maximum atomic E-state index is 15.3. The zero-order valence-corrected chi connectivity index (χ0v) is 36.3. The van der Waals surface area contributed by atoms with E-state index in [9.17, 15) is 32.9 Å². The molecule has 338 valence electrons. The summed E-state index contributed by atoms with van der Waals surface area (Å²) >= 11 is 0. The number of nitriles is 1. The summed E-state index contributed by atoms with van der Waals surface area (Å²) in [5.74, 6) is -2.46. The SMILES string of the molecule is CCN(C)S(=O)(=O)Nc1ccc(F)c(Oc2ccc3ncn([C@H]4COC5(CCN(C(=O)CN6CCC(c7ccc(NC8CCC(=O)NC8=O)cc7F)CC6)CC5)C4)c(=O)c3c2)c1C#N. The number of carbonyl (C=O) groups is 3. The summed E-state index contributed by atoms with van der Waals surface area (Å²) in [6.45, 7) is 4.59. The molecule has 4 saturated heterocycles. The van der Waals surface area contributed by atoms with Gasteiger partial charge in [-0.3, -0.25) is 38.7 Å². The Balaban J connectivity index is 0.847. The van der Waals surface area contributed by atoms with Crippen LogP contribution in [0.2, 0.25) is 0 Å². The van der Waals surface area contributed by atoms with E-state index in [4.69, 9.17) is 9.47 Å². The van der Waals surface area contributed by atoms with Gasteiger partial charge in [-0.05, 0) is 106 Å². The molecule has 4 aliphatic rings. The Bertz CT molecular complexity index is 2700. The number of likely N-dealkylation sites (tertiary alicyclic amines) is 2. The lowest BCUT2D eigenvalue weighted by Gasteiger charge is -2.40. The number of hydrogen-bond acceptors (Lipinski definition) is 12. The van der Waals surface area contributed by atoms with E-state index in [1.807, 2.05) is 11.0 Å². The minimum absolute atomic E-state index is 0.00504.